The molecule has 5 aliphatic rings. The number of likely N-dealkylation sites (tertiary alicyclic amines) is 1. The van der Waals surface area contributed by atoms with E-state index in [2.05, 4.69) is 5.32 Å². The molecule has 3 saturated carbocycles. The number of nitrogens with one attached hydrogen (secondary N) is 1. The highest BCUT2D eigenvalue weighted by Crippen LogP contribution is 2.53. The van der Waals surface area contributed by atoms with Crippen molar-refractivity contribution in [2.75, 3.05) is 26.8 Å². The minimum absolute atomic E-state index is 0.0148. The van der Waals surface area contributed by atoms with Crippen LogP contribution in [0.4, 0.5) is 0 Å². The molecule has 5 atom stereocenters. The Morgan fingerprint density at radius 2 is 2.23 bits per heavy atom. The van der Waals surface area contributed by atoms with Gasteiger partial charge in [0, 0.05) is 44.0 Å². The van der Waals surface area contributed by atoms with Gasteiger partial charge in [0.2, 0.25) is 5.91 Å². The van der Waals surface area contributed by atoms with Gasteiger partial charge in [-0.25, -0.2) is 0 Å². The monoisotopic (exact) mass is 414 g/mol. The van der Waals surface area contributed by atoms with Crippen molar-refractivity contribution >= 4 is 11.8 Å². The van der Waals surface area contributed by atoms with E-state index in [0.717, 1.165) is 38.6 Å². The fraction of sp³-hybridized carbons (Fsp3) is 0.652. The molecule has 2 bridgehead atoms. The van der Waals surface area contributed by atoms with Crippen molar-refractivity contribution in [1.29, 1.82) is 0 Å². The van der Waals surface area contributed by atoms with Gasteiger partial charge in [0.25, 0.3) is 5.91 Å². The number of hydrogen-bond donors (Lipinski definition) is 2. The molecular weight excluding hydrogens is 384 g/mol. The van der Waals surface area contributed by atoms with Gasteiger partial charge in [0.1, 0.15) is 11.5 Å². The number of rotatable bonds is 3. The molecule has 0 radical (unpaired) electrons. The van der Waals surface area contributed by atoms with Crippen molar-refractivity contribution in [2.45, 2.75) is 44.2 Å². The third kappa shape index (κ3) is 3.14. The van der Waals surface area contributed by atoms with Crippen LogP contribution < -0.4 is 14.8 Å². The van der Waals surface area contributed by atoms with Crippen LogP contribution in [0, 0.1) is 23.7 Å². The molecule has 7 heteroatoms. The van der Waals surface area contributed by atoms with Crippen LogP contribution in [0.3, 0.4) is 0 Å². The molecule has 2 heterocycles. The van der Waals surface area contributed by atoms with Crippen molar-refractivity contribution in [2.24, 2.45) is 23.7 Å². The zero-order valence-corrected chi connectivity index (χ0v) is 17.4. The van der Waals surface area contributed by atoms with Crippen LogP contribution in [0.15, 0.2) is 18.2 Å². The summed E-state index contributed by atoms with van der Waals surface area (Å²) in [7, 11) is 1.60. The van der Waals surface area contributed by atoms with E-state index >= 15 is 0 Å². The van der Waals surface area contributed by atoms with Crippen LogP contribution in [-0.4, -0.2) is 54.4 Å². The van der Waals surface area contributed by atoms with Gasteiger partial charge in [-0.05, 0) is 56.1 Å². The molecule has 2 aliphatic heterocycles. The van der Waals surface area contributed by atoms with Gasteiger partial charge in [0.05, 0.1) is 12.7 Å². The lowest BCUT2D eigenvalue weighted by molar-refractivity contribution is -0.157. The molecule has 6 rings (SSSR count). The molecule has 1 aromatic carbocycles. The number of aliphatic hydroxyl groups is 1. The summed E-state index contributed by atoms with van der Waals surface area (Å²) in [4.78, 5) is 28.1. The maximum absolute atomic E-state index is 13.3. The van der Waals surface area contributed by atoms with E-state index in [9.17, 15) is 14.7 Å². The Labute approximate surface area is 176 Å². The van der Waals surface area contributed by atoms with Gasteiger partial charge in [-0.2, -0.15) is 0 Å². The second kappa shape index (κ2) is 7.45. The van der Waals surface area contributed by atoms with Gasteiger partial charge < -0.3 is 24.8 Å². The van der Waals surface area contributed by atoms with E-state index in [0.29, 0.717) is 30.0 Å². The van der Waals surface area contributed by atoms with Crippen LogP contribution in [-0.2, 0) is 4.79 Å². The highest BCUT2D eigenvalue weighted by atomic mass is 16.5. The normalized spacial score (nSPS) is 34.9. The molecular formula is C23H30N2O5. The molecule has 0 aromatic heterocycles. The number of aliphatic hydroxyl groups excluding tert-OH is 1. The lowest BCUT2D eigenvalue weighted by Gasteiger charge is -2.55. The molecule has 0 unspecified atom stereocenters. The third-order valence-electron chi connectivity index (χ3n) is 7.67. The second-order valence-corrected chi connectivity index (χ2v) is 9.36. The zero-order valence-electron chi connectivity index (χ0n) is 17.4. The first-order chi connectivity index (χ1) is 14.5. The summed E-state index contributed by atoms with van der Waals surface area (Å²) in [6.45, 7) is 1.59. The maximum Gasteiger partial charge on any atom is 0.258 e. The van der Waals surface area contributed by atoms with E-state index in [4.69, 9.17) is 9.47 Å². The maximum atomic E-state index is 13.3. The van der Waals surface area contributed by atoms with Crippen LogP contribution >= 0.6 is 0 Å². The predicted octanol–water partition coefficient (Wildman–Crippen LogP) is 2.18. The van der Waals surface area contributed by atoms with Crippen LogP contribution in [0.25, 0.3) is 0 Å². The first-order valence-corrected chi connectivity index (χ1v) is 11.1. The van der Waals surface area contributed by atoms with Crippen molar-refractivity contribution in [3.05, 3.63) is 23.8 Å². The molecule has 2 N–H and O–H groups in total. The molecule has 1 saturated heterocycles. The number of carbonyl (C=O) groups excluding carboxylic acids is 2. The zero-order chi connectivity index (χ0) is 20.9. The van der Waals surface area contributed by atoms with Crippen LogP contribution in [0.5, 0.6) is 11.5 Å². The van der Waals surface area contributed by atoms with Gasteiger partial charge >= 0.3 is 0 Å². The highest BCUT2D eigenvalue weighted by molar-refractivity contribution is 5.98. The molecule has 1 aromatic rings. The lowest BCUT2D eigenvalue weighted by Crippen LogP contribution is -2.67. The van der Waals surface area contributed by atoms with Crippen LogP contribution in [0.2, 0.25) is 0 Å². The van der Waals surface area contributed by atoms with Gasteiger partial charge in [0.15, 0.2) is 5.72 Å². The van der Waals surface area contributed by atoms with Crippen molar-refractivity contribution in [3.63, 3.8) is 0 Å². The van der Waals surface area contributed by atoms with E-state index in [1.54, 1.807) is 25.3 Å². The Hall–Kier alpha value is -2.28. The summed E-state index contributed by atoms with van der Waals surface area (Å²) >= 11 is 0. The second-order valence-electron chi connectivity index (χ2n) is 9.36. The predicted molar refractivity (Wildman–Crippen MR) is 109 cm³/mol. The van der Waals surface area contributed by atoms with E-state index in [-0.39, 0.29) is 42.1 Å². The number of carbonyl (C=O) groups is 2. The molecule has 2 amide bonds. The molecule has 1 spiro atoms. The quantitative estimate of drug-likeness (QED) is 0.792. The molecule has 30 heavy (non-hydrogen) atoms. The summed E-state index contributed by atoms with van der Waals surface area (Å²) < 4.78 is 11.8. The SMILES string of the molecule is COc1ccc2c(c1)O[C@]1(C[C@H]3CC[C@H]1C[C@@H]3C(=O)N1CCC[C@@H](CO)C1)NC2=O. The smallest absolute Gasteiger partial charge is 0.258 e. The Morgan fingerprint density at radius 3 is 2.97 bits per heavy atom. The Morgan fingerprint density at radius 1 is 1.37 bits per heavy atom. The molecule has 7 nitrogen and oxygen atoms in total. The number of ether oxygens (including phenoxy) is 2. The molecule has 4 fully saturated rings. The molecule has 3 aliphatic carbocycles. The standard InChI is InChI=1S/C23H30N2O5/c1-29-17-6-7-18-20(10-17)30-23(24-21(18)27)11-15-4-5-16(23)9-19(15)22(28)25-8-2-3-14(12-25)13-26/h6-7,10,14-16,19,26H,2-5,8-9,11-13H2,1H3,(H,24,27)/t14-,15-,16+,19+,23+/m1/s1. The van der Waals surface area contributed by atoms with Gasteiger partial charge in [-0.1, -0.05) is 0 Å². The van der Waals surface area contributed by atoms with Crippen molar-refractivity contribution < 1.29 is 24.2 Å². The highest BCUT2D eigenvalue weighted by Gasteiger charge is 2.57. The summed E-state index contributed by atoms with van der Waals surface area (Å²) in [6.07, 6.45) is 5.29. The summed E-state index contributed by atoms with van der Waals surface area (Å²) in [6, 6.07) is 5.28. The van der Waals surface area contributed by atoms with Crippen molar-refractivity contribution in [3.8, 4) is 11.5 Å². The van der Waals surface area contributed by atoms with Crippen molar-refractivity contribution in [1.82, 2.24) is 10.2 Å². The van der Waals surface area contributed by atoms with Gasteiger partial charge in [-0.15, -0.1) is 0 Å². The lowest BCUT2D eigenvalue weighted by atomic mass is 9.59. The Balaban J connectivity index is 1.35. The van der Waals surface area contributed by atoms with E-state index < -0.39 is 5.72 Å². The fourth-order valence-electron chi connectivity index (χ4n) is 6.07. The largest absolute Gasteiger partial charge is 0.497 e. The number of fused-ring (bicyclic) bond motifs is 3. The Bertz CT molecular complexity index is 858. The minimum atomic E-state index is -0.730. The van der Waals surface area contributed by atoms with Crippen LogP contribution in [0.1, 0.15) is 48.9 Å². The number of benzene rings is 1. The van der Waals surface area contributed by atoms with E-state index in [1.165, 1.54) is 0 Å². The third-order valence-corrected chi connectivity index (χ3v) is 7.67. The fourth-order valence-corrected chi connectivity index (χ4v) is 6.07. The Kier molecular flexibility index (Phi) is 4.88. The molecule has 162 valence electrons. The average molecular weight is 415 g/mol. The summed E-state index contributed by atoms with van der Waals surface area (Å²) in [5, 5.41) is 12.7. The topological polar surface area (TPSA) is 88.1 Å². The number of nitrogens with zero attached hydrogens (tertiary/aromatic N) is 1. The number of amides is 2. The summed E-state index contributed by atoms with van der Waals surface area (Å²) in [5.41, 5.74) is -0.204. The van der Waals surface area contributed by atoms with Gasteiger partial charge in [-0.3, -0.25) is 9.59 Å². The first-order valence-electron chi connectivity index (χ1n) is 11.1. The number of piperidine rings is 1. The minimum Gasteiger partial charge on any atom is -0.497 e. The number of hydrogen-bond acceptors (Lipinski definition) is 5. The average Bonchev–Trinajstić information content (AvgIpc) is 2.78. The van der Waals surface area contributed by atoms with E-state index in [1.807, 2.05) is 4.90 Å². The number of methoxy groups -OCH3 is 1. The first kappa shape index (κ1) is 19.7. The summed E-state index contributed by atoms with van der Waals surface area (Å²) in [5.74, 6) is 1.83.